The molecule has 4 rings (SSSR count). The van der Waals surface area contributed by atoms with E-state index in [0.717, 1.165) is 44.4 Å². The van der Waals surface area contributed by atoms with E-state index in [0.29, 0.717) is 52.9 Å². The molecule has 0 atom stereocenters. The molecule has 0 aliphatic heterocycles. The standard InChI is InChI=1S/C31H52O3/c1-4-26(32)13-7-10-16-29-19-25-20-30(22-29,17-11-8-14-27(33)5-2)24-31(21-25,23-29)18-12-9-15-28(34)6-3/h25H,4-24H2,1-3H3. The van der Waals surface area contributed by atoms with Crippen LogP contribution in [0.25, 0.3) is 0 Å². The maximum atomic E-state index is 11.8. The molecular formula is C31H52O3. The molecule has 0 saturated heterocycles. The molecule has 194 valence electrons. The quantitative estimate of drug-likeness (QED) is 0.188. The molecule has 0 aromatic carbocycles. The third-order valence-electron chi connectivity index (χ3n) is 9.84. The number of unbranched alkanes of at least 4 members (excludes halogenated alkanes) is 3. The van der Waals surface area contributed by atoms with Crippen LogP contribution in [-0.2, 0) is 14.4 Å². The van der Waals surface area contributed by atoms with Gasteiger partial charge in [-0.25, -0.2) is 0 Å². The van der Waals surface area contributed by atoms with E-state index in [4.69, 9.17) is 0 Å². The van der Waals surface area contributed by atoms with Gasteiger partial charge in [0, 0.05) is 38.5 Å². The highest BCUT2D eigenvalue weighted by atomic mass is 16.1. The molecule has 3 nitrogen and oxygen atoms in total. The fourth-order valence-corrected chi connectivity index (χ4v) is 8.89. The molecule has 0 N–H and O–H groups in total. The highest BCUT2D eigenvalue weighted by Gasteiger charge is 2.61. The van der Waals surface area contributed by atoms with Gasteiger partial charge < -0.3 is 0 Å². The Morgan fingerprint density at radius 2 is 0.824 bits per heavy atom. The van der Waals surface area contributed by atoms with Gasteiger partial charge in [-0.3, -0.25) is 14.4 Å². The van der Waals surface area contributed by atoms with Crippen LogP contribution in [0.3, 0.4) is 0 Å². The van der Waals surface area contributed by atoms with Crippen LogP contribution in [0.5, 0.6) is 0 Å². The summed E-state index contributed by atoms with van der Waals surface area (Å²) in [6.45, 7) is 5.95. The molecule has 4 fully saturated rings. The number of carbonyl (C=O) groups excluding carboxylic acids is 3. The van der Waals surface area contributed by atoms with Crippen LogP contribution in [0.15, 0.2) is 0 Å². The molecule has 4 aliphatic rings. The number of ketones is 3. The molecule has 0 aromatic heterocycles. The summed E-state index contributed by atoms with van der Waals surface area (Å²) in [5, 5.41) is 0. The zero-order chi connectivity index (χ0) is 24.7. The zero-order valence-corrected chi connectivity index (χ0v) is 22.7. The van der Waals surface area contributed by atoms with Gasteiger partial charge in [-0.05, 0) is 99.2 Å². The van der Waals surface area contributed by atoms with Crippen molar-refractivity contribution in [2.75, 3.05) is 0 Å². The Hall–Kier alpha value is -0.990. The molecule has 4 saturated carbocycles. The summed E-state index contributed by atoms with van der Waals surface area (Å²) in [5.74, 6) is 2.13. The molecule has 0 heterocycles. The molecule has 3 heteroatoms. The monoisotopic (exact) mass is 472 g/mol. The summed E-state index contributed by atoms with van der Waals surface area (Å²) in [6.07, 6.45) is 23.6. The first kappa shape index (κ1) is 27.6. The van der Waals surface area contributed by atoms with E-state index in [1.165, 1.54) is 77.0 Å². The van der Waals surface area contributed by atoms with Gasteiger partial charge >= 0.3 is 0 Å². The third kappa shape index (κ3) is 7.26. The summed E-state index contributed by atoms with van der Waals surface area (Å²) in [5.41, 5.74) is 1.48. The predicted octanol–water partition coefficient (Wildman–Crippen LogP) is 8.56. The topological polar surface area (TPSA) is 51.2 Å². The average molecular weight is 473 g/mol. The van der Waals surface area contributed by atoms with Gasteiger partial charge in [0.15, 0.2) is 0 Å². The van der Waals surface area contributed by atoms with Gasteiger partial charge in [0.25, 0.3) is 0 Å². The molecule has 0 unspecified atom stereocenters. The summed E-state index contributed by atoms with van der Waals surface area (Å²) < 4.78 is 0. The minimum atomic E-state index is 0.418. The number of hydrogen-bond acceptors (Lipinski definition) is 3. The fraction of sp³-hybridized carbons (Fsp3) is 0.903. The summed E-state index contributed by atoms with van der Waals surface area (Å²) >= 11 is 0. The van der Waals surface area contributed by atoms with Crippen molar-refractivity contribution in [3.63, 3.8) is 0 Å². The van der Waals surface area contributed by atoms with Gasteiger partial charge in [-0.1, -0.05) is 40.0 Å². The van der Waals surface area contributed by atoms with Gasteiger partial charge in [0.1, 0.15) is 17.3 Å². The maximum absolute atomic E-state index is 11.8. The Balaban J connectivity index is 1.64. The highest BCUT2D eigenvalue weighted by molar-refractivity contribution is 5.78. The Morgan fingerprint density at radius 3 is 1.09 bits per heavy atom. The van der Waals surface area contributed by atoms with Crippen molar-refractivity contribution in [3.8, 4) is 0 Å². The lowest BCUT2D eigenvalue weighted by molar-refractivity contribution is -0.169. The van der Waals surface area contributed by atoms with Gasteiger partial charge in [-0.2, -0.15) is 0 Å². The van der Waals surface area contributed by atoms with Gasteiger partial charge in [-0.15, -0.1) is 0 Å². The van der Waals surface area contributed by atoms with Gasteiger partial charge in [0.2, 0.25) is 0 Å². The lowest BCUT2D eigenvalue weighted by Gasteiger charge is -2.67. The maximum Gasteiger partial charge on any atom is 0.132 e. The fourth-order valence-electron chi connectivity index (χ4n) is 8.89. The smallest absolute Gasteiger partial charge is 0.132 e. The van der Waals surface area contributed by atoms with Crippen LogP contribution < -0.4 is 0 Å². The molecule has 4 bridgehead atoms. The van der Waals surface area contributed by atoms with Crippen LogP contribution >= 0.6 is 0 Å². The van der Waals surface area contributed by atoms with Crippen molar-refractivity contribution in [3.05, 3.63) is 0 Å². The summed E-state index contributed by atoms with van der Waals surface area (Å²) in [7, 11) is 0. The summed E-state index contributed by atoms with van der Waals surface area (Å²) in [4.78, 5) is 35.5. The largest absolute Gasteiger partial charge is 0.300 e. The minimum absolute atomic E-state index is 0.418. The Morgan fingerprint density at radius 1 is 0.529 bits per heavy atom. The van der Waals surface area contributed by atoms with Crippen LogP contribution in [0.1, 0.15) is 156 Å². The number of rotatable bonds is 18. The van der Waals surface area contributed by atoms with Crippen LogP contribution in [0, 0.1) is 22.2 Å². The first-order valence-electron chi connectivity index (χ1n) is 14.8. The molecule has 0 spiro atoms. The number of Topliss-reactive ketones (excluding diaryl/α,β-unsaturated/α-hetero) is 3. The van der Waals surface area contributed by atoms with E-state index >= 15 is 0 Å². The zero-order valence-electron chi connectivity index (χ0n) is 22.7. The molecule has 34 heavy (non-hydrogen) atoms. The molecule has 0 amide bonds. The van der Waals surface area contributed by atoms with Crippen LogP contribution in [-0.4, -0.2) is 17.3 Å². The Bertz CT molecular complexity index is 604. The molecule has 0 aromatic rings. The Kier molecular flexibility index (Phi) is 9.99. The van der Waals surface area contributed by atoms with Crippen LogP contribution in [0.2, 0.25) is 0 Å². The number of carbonyl (C=O) groups is 3. The first-order valence-corrected chi connectivity index (χ1v) is 14.8. The van der Waals surface area contributed by atoms with Crippen LogP contribution in [0.4, 0.5) is 0 Å². The van der Waals surface area contributed by atoms with E-state index in [9.17, 15) is 14.4 Å². The Labute approximate surface area is 209 Å². The average Bonchev–Trinajstić information content (AvgIpc) is 2.81. The van der Waals surface area contributed by atoms with E-state index in [1.807, 2.05) is 20.8 Å². The number of hydrogen-bond donors (Lipinski definition) is 0. The lowest BCUT2D eigenvalue weighted by atomic mass is 9.37. The van der Waals surface area contributed by atoms with E-state index in [1.54, 1.807) is 0 Å². The van der Waals surface area contributed by atoms with E-state index < -0.39 is 0 Å². The highest BCUT2D eigenvalue weighted by Crippen LogP contribution is 2.73. The van der Waals surface area contributed by atoms with E-state index in [-0.39, 0.29) is 0 Å². The van der Waals surface area contributed by atoms with E-state index in [2.05, 4.69) is 0 Å². The second-order valence-corrected chi connectivity index (χ2v) is 12.8. The van der Waals surface area contributed by atoms with Gasteiger partial charge in [0.05, 0.1) is 0 Å². The van der Waals surface area contributed by atoms with Crippen molar-refractivity contribution < 1.29 is 14.4 Å². The first-order chi connectivity index (χ1) is 16.3. The second kappa shape index (κ2) is 12.3. The van der Waals surface area contributed by atoms with Crippen molar-refractivity contribution in [2.45, 2.75) is 156 Å². The normalized spacial score (nSPS) is 31.7. The van der Waals surface area contributed by atoms with Crippen molar-refractivity contribution in [1.29, 1.82) is 0 Å². The lowest BCUT2D eigenvalue weighted by Crippen LogP contribution is -2.56. The van der Waals surface area contributed by atoms with Crippen molar-refractivity contribution in [2.24, 2.45) is 22.2 Å². The minimum Gasteiger partial charge on any atom is -0.300 e. The molecule has 4 aliphatic carbocycles. The van der Waals surface area contributed by atoms with Crippen molar-refractivity contribution >= 4 is 17.3 Å². The van der Waals surface area contributed by atoms with Crippen molar-refractivity contribution in [1.82, 2.24) is 0 Å². The predicted molar refractivity (Wildman–Crippen MR) is 140 cm³/mol. The second-order valence-electron chi connectivity index (χ2n) is 12.8. The third-order valence-corrected chi connectivity index (χ3v) is 9.84. The SMILES string of the molecule is CCC(=O)CCCCC12CC3CC(CCCCC(=O)CC)(C1)CC(CCCCC(=O)CC)(C3)C2. The summed E-state index contributed by atoms with van der Waals surface area (Å²) in [6, 6.07) is 0. The molecule has 0 radical (unpaired) electrons. The molecular weight excluding hydrogens is 420 g/mol.